The number of benzene rings is 1. The fourth-order valence-electron chi connectivity index (χ4n) is 3.58. The van der Waals surface area contributed by atoms with Gasteiger partial charge in [-0.3, -0.25) is 9.52 Å². The summed E-state index contributed by atoms with van der Waals surface area (Å²) in [7, 11) is -0.779. The molecule has 1 aromatic carbocycles. The number of aryl methyl sites for hydroxylation is 1. The number of carbonyl (C=O) groups is 2. The smallest absolute Gasteiger partial charge is 0.493 e. The third-order valence-corrected chi connectivity index (χ3v) is 8.43. The summed E-state index contributed by atoms with van der Waals surface area (Å²) < 4.78 is 76.5. The van der Waals surface area contributed by atoms with Gasteiger partial charge < -0.3 is 19.6 Å². The maximum atomic E-state index is 12.8. The lowest BCUT2D eigenvalue weighted by Crippen LogP contribution is -2.37. The molecule has 0 radical (unpaired) electrons. The quantitative estimate of drug-likeness (QED) is 0.161. The highest BCUT2D eigenvalue weighted by molar-refractivity contribution is 7.92. The highest BCUT2D eigenvalue weighted by Gasteiger charge is 2.44. The number of anilines is 2. The van der Waals surface area contributed by atoms with Crippen molar-refractivity contribution in [1.29, 1.82) is 0 Å². The van der Waals surface area contributed by atoms with E-state index in [1.165, 1.54) is 26.3 Å². The first-order valence-corrected chi connectivity index (χ1v) is 15.1. The van der Waals surface area contributed by atoms with E-state index in [-0.39, 0.29) is 38.9 Å². The lowest BCUT2D eigenvalue weighted by molar-refractivity contribution is -0.201. The lowest BCUT2D eigenvalue weighted by Gasteiger charge is -2.17. The first kappa shape index (κ1) is 33.8. The molecule has 0 aliphatic rings. The summed E-state index contributed by atoms with van der Waals surface area (Å²) >= 11 is 6.85. The number of hydroxylamine groups is 1. The Labute approximate surface area is 254 Å². The van der Waals surface area contributed by atoms with Crippen molar-refractivity contribution < 1.29 is 45.5 Å². The van der Waals surface area contributed by atoms with Crippen LogP contribution >= 0.6 is 22.9 Å². The minimum absolute atomic E-state index is 0.0450. The van der Waals surface area contributed by atoms with Gasteiger partial charge in [-0.1, -0.05) is 29.0 Å². The Morgan fingerprint density at radius 1 is 1.16 bits per heavy atom. The Morgan fingerprint density at radius 2 is 1.88 bits per heavy atom. The Hall–Kier alpha value is -3.67. The molecule has 0 aliphatic heterocycles. The highest BCUT2D eigenvalue weighted by Crippen LogP contribution is 2.37. The molecule has 43 heavy (non-hydrogen) atoms. The summed E-state index contributed by atoms with van der Waals surface area (Å²) in [5, 5.41) is 2.79. The van der Waals surface area contributed by atoms with Crippen molar-refractivity contribution in [3.05, 3.63) is 46.9 Å². The van der Waals surface area contributed by atoms with Gasteiger partial charge >= 0.3 is 12.1 Å². The predicted octanol–water partition coefficient (Wildman–Crippen LogP) is 4.48. The number of nitrogens with one attached hydrogen (secondary N) is 2. The molecule has 0 bridgehead atoms. The fourth-order valence-corrected chi connectivity index (χ4v) is 5.94. The van der Waals surface area contributed by atoms with E-state index in [0.29, 0.717) is 35.0 Å². The van der Waals surface area contributed by atoms with E-state index in [1.54, 1.807) is 19.2 Å². The molecule has 0 unspecified atom stereocenters. The minimum Gasteiger partial charge on any atom is -0.497 e. The Balaban J connectivity index is 1.67. The van der Waals surface area contributed by atoms with Gasteiger partial charge in [0.05, 0.1) is 36.2 Å². The van der Waals surface area contributed by atoms with Crippen LogP contribution in [0.5, 0.6) is 11.5 Å². The number of methoxy groups -OCH3 is 2. The first-order chi connectivity index (χ1) is 20.1. The number of pyridine rings is 1. The second kappa shape index (κ2) is 14.2. The number of amides is 1. The summed E-state index contributed by atoms with van der Waals surface area (Å²) in [5.41, 5.74) is 1.36. The van der Waals surface area contributed by atoms with Crippen LogP contribution in [-0.4, -0.2) is 63.0 Å². The van der Waals surface area contributed by atoms with Crippen molar-refractivity contribution in [2.24, 2.45) is 0 Å². The number of thiazole rings is 1. The normalized spacial score (nSPS) is 11.6. The van der Waals surface area contributed by atoms with Crippen molar-refractivity contribution in [2.75, 3.05) is 36.3 Å². The van der Waals surface area contributed by atoms with E-state index in [2.05, 4.69) is 24.8 Å². The molecule has 12 nitrogen and oxygen atoms in total. The standard InChI is InChI=1S/C25H27ClF3N5O7S2/c1-14-21(42-24(32-14)34(15(2)35)41-23(36)25(27,28)29)17-10-19(22(26)31-13-17)33-43(37,38)9-5-8-30-12-16-6-7-18(39-3)11-20(16)40-4/h6-7,10-11,13,30,33H,5,8-9,12H2,1-4H3. The van der Waals surface area contributed by atoms with Gasteiger partial charge in [-0.2, -0.15) is 13.2 Å². The molecule has 2 N–H and O–H groups in total. The largest absolute Gasteiger partial charge is 0.497 e. The maximum Gasteiger partial charge on any atom is 0.493 e. The van der Waals surface area contributed by atoms with Gasteiger partial charge in [0.25, 0.3) is 5.91 Å². The van der Waals surface area contributed by atoms with Crippen LogP contribution < -0.4 is 24.6 Å². The van der Waals surface area contributed by atoms with Crippen molar-refractivity contribution in [3.63, 3.8) is 0 Å². The van der Waals surface area contributed by atoms with Gasteiger partial charge in [0.15, 0.2) is 5.15 Å². The average Bonchev–Trinajstić information content (AvgIpc) is 3.32. The number of alkyl halides is 3. The molecule has 2 aromatic heterocycles. The second-order valence-corrected chi connectivity index (χ2v) is 12.0. The Bertz CT molecular complexity index is 1590. The third kappa shape index (κ3) is 9.16. The van der Waals surface area contributed by atoms with Crippen LogP contribution in [0, 0.1) is 6.92 Å². The highest BCUT2D eigenvalue weighted by atomic mass is 35.5. The zero-order valence-corrected chi connectivity index (χ0v) is 25.6. The zero-order valence-electron chi connectivity index (χ0n) is 23.2. The van der Waals surface area contributed by atoms with Crippen LogP contribution in [0.2, 0.25) is 5.15 Å². The molecular weight excluding hydrogens is 639 g/mol. The van der Waals surface area contributed by atoms with Crippen LogP contribution in [-0.2, 0) is 31.0 Å². The van der Waals surface area contributed by atoms with Gasteiger partial charge in [0.2, 0.25) is 15.2 Å². The van der Waals surface area contributed by atoms with Crippen molar-refractivity contribution in [2.45, 2.75) is 33.0 Å². The summed E-state index contributed by atoms with van der Waals surface area (Å²) in [6, 6.07) is 6.74. The van der Waals surface area contributed by atoms with Gasteiger partial charge in [0.1, 0.15) is 11.5 Å². The topological polar surface area (TPSA) is 149 Å². The van der Waals surface area contributed by atoms with Gasteiger partial charge in [-0.25, -0.2) is 23.2 Å². The number of nitrogens with zero attached hydrogens (tertiary/aromatic N) is 3. The summed E-state index contributed by atoms with van der Waals surface area (Å²) in [5.74, 6) is -2.61. The zero-order chi connectivity index (χ0) is 31.9. The number of aromatic nitrogens is 2. The summed E-state index contributed by atoms with van der Waals surface area (Å²) in [6.07, 6.45) is -3.79. The van der Waals surface area contributed by atoms with Gasteiger partial charge in [-0.15, -0.1) is 5.06 Å². The van der Waals surface area contributed by atoms with E-state index < -0.39 is 28.1 Å². The SMILES string of the molecule is COc1ccc(CNCCCS(=O)(=O)Nc2cc(-c3sc(N(OC(=O)C(F)(F)F)C(C)=O)nc3C)cnc2Cl)c(OC)c1. The van der Waals surface area contributed by atoms with Crippen molar-refractivity contribution in [1.82, 2.24) is 15.3 Å². The number of sulfonamides is 1. The van der Waals surface area contributed by atoms with Crippen LogP contribution in [0.3, 0.4) is 0 Å². The van der Waals surface area contributed by atoms with Crippen LogP contribution in [0.25, 0.3) is 10.4 Å². The molecule has 0 atom stereocenters. The van der Waals surface area contributed by atoms with Crippen LogP contribution in [0.1, 0.15) is 24.6 Å². The second-order valence-electron chi connectivity index (χ2n) is 8.79. The molecule has 2 heterocycles. The number of carbonyl (C=O) groups excluding carboxylic acids is 2. The molecule has 1 amide bonds. The number of rotatable bonds is 12. The minimum atomic E-state index is -5.34. The predicted molar refractivity (Wildman–Crippen MR) is 154 cm³/mol. The van der Waals surface area contributed by atoms with E-state index in [4.69, 9.17) is 21.1 Å². The average molecular weight is 666 g/mol. The number of ether oxygens (including phenoxy) is 2. The molecular formula is C25H27ClF3N5O7S2. The molecule has 3 rings (SSSR count). The molecule has 0 spiro atoms. The lowest BCUT2D eigenvalue weighted by atomic mass is 10.2. The monoisotopic (exact) mass is 665 g/mol. The summed E-state index contributed by atoms with van der Waals surface area (Å²) in [4.78, 5) is 35.7. The van der Waals surface area contributed by atoms with Crippen molar-refractivity contribution >= 4 is 55.7 Å². The van der Waals surface area contributed by atoms with E-state index >= 15 is 0 Å². The molecule has 3 aromatic rings. The maximum absolute atomic E-state index is 12.8. The van der Waals surface area contributed by atoms with Crippen LogP contribution in [0.4, 0.5) is 24.0 Å². The Kier molecular flexibility index (Phi) is 11.2. The Morgan fingerprint density at radius 3 is 2.51 bits per heavy atom. The van der Waals surface area contributed by atoms with Gasteiger partial charge in [0, 0.05) is 36.9 Å². The van der Waals surface area contributed by atoms with E-state index in [0.717, 1.165) is 23.8 Å². The molecule has 0 fully saturated rings. The fraction of sp³-hybridized carbons (Fsp3) is 0.360. The summed E-state index contributed by atoms with van der Waals surface area (Å²) in [6.45, 7) is 3.19. The number of halogens is 4. The van der Waals surface area contributed by atoms with E-state index in [9.17, 15) is 31.2 Å². The third-order valence-electron chi connectivity index (χ3n) is 5.59. The van der Waals surface area contributed by atoms with Crippen molar-refractivity contribution in [3.8, 4) is 21.9 Å². The first-order valence-electron chi connectivity index (χ1n) is 12.3. The molecule has 0 saturated heterocycles. The van der Waals surface area contributed by atoms with E-state index in [1.807, 2.05) is 6.07 Å². The van der Waals surface area contributed by atoms with Gasteiger partial charge in [-0.05, 0) is 32.0 Å². The molecule has 0 aliphatic carbocycles. The number of hydrogen-bond acceptors (Lipinski definition) is 11. The molecule has 234 valence electrons. The number of hydrogen-bond donors (Lipinski definition) is 2. The molecule has 0 saturated carbocycles. The van der Waals surface area contributed by atoms with Crippen LogP contribution in [0.15, 0.2) is 30.5 Å². The molecule has 18 heteroatoms.